The van der Waals surface area contributed by atoms with E-state index in [2.05, 4.69) is 6.07 Å². The van der Waals surface area contributed by atoms with Crippen molar-refractivity contribution in [2.75, 3.05) is 20.2 Å². The molecular weight excluding hydrogens is 259 g/mol. The van der Waals surface area contributed by atoms with Crippen LogP contribution in [0.1, 0.15) is 18.9 Å². The van der Waals surface area contributed by atoms with Gasteiger partial charge in [0, 0.05) is 18.2 Å². The fourth-order valence-electron chi connectivity index (χ4n) is 1.77. The summed E-state index contributed by atoms with van der Waals surface area (Å²) in [6, 6.07) is 8.59. The SMILES string of the molecule is CC(CC#N)N(C)CC(O)COCc1ccccc1F. The molecule has 0 aliphatic rings. The van der Waals surface area contributed by atoms with Gasteiger partial charge in [-0.15, -0.1) is 0 Å². The molecule has 0 heterocycles. The number of rotatable bonds is 8. The predicted molar refractivity (Wildman–Crippen MR) is 74.4 cm³/mol. The molecule has 20 heavy (non-hydrogen) atoms. The average molecular weight is 280 g/mol. The molecule has 0 spiro atoms. The van der Waals surface area contributed by atoms with E-state index in [0.29, 0.717) is 18.5 Å². The summed E-state index contributed by atoms with van der Waals surface area (Å²) in [7, 11) is 1.85. The van der Waals surface area contributed by atoms with Crippen LogP contribution in [0.15, 0.2) is 24.3 Å². The molecular formula is C15H21FN2O2. The molecule has 0 saturated heterocycles. The highest BCUT2D eigenvalue weighted by Crippen LogP contribution is 2.08. The molecule has 0 aliphatic carbocycles. The maximum absolute atomic E-state index is 13.3. The van der Waals surface area contributed by atoms with Crippen LogP contribution in [-0.4, -0.2) is 42.4 Å². The zero-order valence-electron chi connectivity index (χ0n) is 11.9. The Morgan fingerprint density at radius 2 is 2.15 bits per heavy atom. The zero-order valence-corrected chi connectivity index (χ0v) is 11.9. The quantitative estimate of drug-likeness (QED) is 0.790. The smallest absolute Gasteiger partial charge is 0.128 e. The molecule has 0 aromatic heterocycles. The molecule has 4 nitrogen and oxygen atoms in total. The molecule has 0 saturated carbocycles. The highest BCUT2D eigenvalue weighted by molar-refractivity contribution is 5.16. The average Bonchev–Trinajstić information content (AvgIpc) is 2.41. The molecule has 1 N–H and O–H groups in total. The monoisotopic (exact) mass is 280 g/mol. The van der Waals surface area contributed by atoms with Gasteiger partial charge in [-0.05, 0) is 20.0 Å². The number of aliphatic hydroxyl groups excluding tert-OH is 1. The van der Waals surface area contributed by atoms with Crippen molar-refractivity contribution in [2.45, 2.75) is 32.1 Å². The number of hydrogen-bond donors (Lipinski definition) is 1. The molecule has 2 atom stereocenters. The molecule has 1 aromatic rings. The van der Waals surface area contributed by atoms with Crippen LogP contribution in [0.4, 0.5) is 4.39 Å². The number of benzene rings is 1. The molecule has 1 rings (SSSR count). The lowest BCUT2D eigenvalue weighted by atomic mass is 10.2. The van der Waals surface area contributed by atoms with Crippen LogP contribution < -0.4 is 0 Å². The zero-order chi connectivity index (χ0) is 15.0. The summed E-state index contributed by atoms with van der Waals surface area (Å²) < 4.78 is 18.7. The minimum absolute atomic E-state index is 0.0845. The van der Waals surface area contributed by atoms with Gasteiger partial charge < -0.3 is 14.7 Å². The van der Waals surface area contributed by atoms with E-state index in [1.54, 1.807) is 18.2 Å². The van der Waals surface area contributed by atoms with E-state index in [4.69, 9.17) is 10.00 Å². The van der Waals surface area contributed by atoms with Gasteiger partial charge in [-0.2, -0.15) is 5.26 Å². The van der Waals surface area contributed by atoms with Crippen molar-refractivity contribution in [2.24, 2.45) is 0 Å². The predicted octanol–water partition coefficient (Wildman–Crippen LogP) is 1.94. The van der Waals surface area contributed by atoms with Crippen molar-refractivity contribution in [3.8, 4) is 6.07 Å². The number of hydrogen-bond acceptors (Lipinski definition) is 4. The molecule has 5 heteroatoms. The minimum Gasteiger partial charge on any atom is -0.389 e. The Balaban J connectivity index is 2.28. The van der Waals surface area contributed by atoms with Crippen LogP contribution in [-0.2, 0) is 11.3 Å². The first-order valence-electron chi connectivity index (χ1n) is 6.61. The van der Waals surface area contributed by atoms with Gasteiger partial charge in [0.1, 0.15) is 5.82 Å². The highest BCUT2D eigenvalue weighted by Gasteiger charge is 2.14. The molecule has 0 bridgehead atoms. The second-order valence-electron chi connectivity index (χ2n) is 4.91. The second kappa shape index (κ2) is 8.64. The van der Waals surface area contributed by atoms with Crippen LogP contribution in [0.2, 0.25) is 0 Å². The summed E-state index contributed by atoms with van der Waals surface area (Å²) >= 11 is 0. The Hall–Kier alpha value is -1.48. The number of aliphatic hydroxyl groups is 1. The maximum atomic E-state index is 13.3. The third kappa shape index (κ3) is 5.66. The Labute approximate surface area is 119 Å². The molecule has 0 amide bonds. The van der Waals surface area contributed by atoms with Crippen LogP contribution in [0.3, 0.4) is 0 Å². The first-order chi connectivity index (χ1) is 9.54. The number of ether oxygens (including phenoxy) is 1. The fourth-order valence-corrected chi connectivity index (χ4v) is 1.77. The van der Waals surface area contributed by atoms with Crippen molar-refractivity contribution in [1.29, 1.82) is 5.26 Å². The minimum atomic E-state index is -0.659. The van der Waals surface area contributed by atoms with Gasteiger partial charge in [0.05, 0.1) is 31.8 Å². The van der Waals surface area contributed by atoms with Crippen LogP contribution in [0, 0.1) is 17.1 Å². The van der Waals surface area contributed by atoms with E-state index in [-0.39, 0.29) is 25.1 Å². The van der Waals surface area contributed by atoms with Crippen molar-refractivity contribution >= 4 is 0 Å². The Morgan fingerprint density at radius 3 is 2.80 bits per heavy atom. The summed E-state index contributed by atoms with van der Waals surface area (Å²) in [6.45, 7) is 2.62. The third-order valence-corrected chi connectivity index (χ3v) is 3.16. The van der Waals surface area contributed by atoms with E-state index >= 15 is 0 Å². The van der Waals surface area contributed by atoms with Gasteiger partial charge in [-0.1, -0.05) is 18.2 Å². The summed E-state index contributed by atoms with van der Waals surface area (Å²) in [5.41, 5.74) is 0.478. The lowest BCUT2D eigenvalue weighted by Gasteiger charge is -2.25. The van der Waals surface area contributed by atoms with E-state index in [9.17, 15) is 9.50 Å². The van der Waals surface area contributed by atoms with Crippen LogP contribution in [0.25, 0.3) is 0 Å². The van der Waals surface area contributed by atoms with Gasteiger partial charge in [-0.25, -0.2) is 4.39 Å². The molecule has 2 unspecified atom stereocenters. The van der Waals surface area contributed by atoms with Gasteiger partial charge in [0.25, 0.3) is 0 Å². The third-order valence-electron chi connectivity index (χ3n) is 3.16. The largest absolute Gasteiger partial charge is 0.389 e. The lowest BCUT2D eigenvalue weighted by Crippen LogP contribution is -2.37. The molecule has 110 valence electrons. The summed E-state index contributed by atoms with van der Waals surface area (Å²) in [4.78, 5) is 1.90. The van der Waals surface area contributed by atoms with E-state index < -0.39 is 6.10 Å². The number of halogens is 1. The molecule has 0 aliphatic heterocycles. The Bertz CT molecular complexity index is 448. The first kappa shape index (κ1) is 16.6. The second-order valence-corrected chi connectivity index (χ2v) is 4.91. The highest BCUT2D eigenvalue weighted by atomic mass is 19.1. The summed E-state index contributed by atoms with van der Waals surface area (Å²) in [5.74, 6) is -0.304. The summed E-state index contributed by atoms with van der Waals surface area (Å²) in [6.07, 6.45) is -0.243. The fraction of sp³-hybridized carbons (Fsp3) is 0.533. The van der Waals surface area contributed by atoms with Crippen LogP contribution >= 0.6 is 0 Å². The van der Waals surface area contributed by atoms with Crippen LogP contribution in [0.5, 0.6) is 0 Å². The van der Waals surface area contributed by atoms with E-state index in [0.717, 1.165) is 0 Å². The van der Waals surface area contributed by atoms with E-state index in [1.165, 1.54) is 6.07 Å². The van der Waals surface area contributed by atoms with Crippen molar-refractivity contribution in [3.05, 3.63) is 35.6 Å². The summed E-state index contributed by atoms with van der Waals surface area (Å²) in [5, 5.41) is 18.5. The van der Waals surface area contributed by atoms with Gasteiger partial charge in [0.15, 0.2) is 0 Å². The number of nitrogens with zero attached hydrogens (tertiary/aromatic N) is 2. The van der Waals surface area contributed by atoms with Crippen molar-refractivity contribution in [1.82, 2.24) is 4.90 Å². The van der Waals surface area contributed by atoms with Crippen molar-refractivity contribution in [3.63, 3.8) is 0 Å². The van der Waals surface area contributed by atoms with Crippen molar-refractivity contribution < 1.29 is 14.2 Å². The normalized spacial score (nSPS) is 14.0. The molecule has 0 fully saturated rings. The first-order valence-corrected chi connectivity index (χ1v) is 6.61. The van der Waals surface area contributed by atoms with E-state index in [1.807, 2.05) is 18.9 Å². The standard InChI is InChI=1S/C15H21FN2O2/c1-12(7-8-17)18(2)9-14(19)11-20-10-13-5-3-4-6-15(13)16/h3-6,12,14,19H,7,9-11H2,1-2H3. The topological polar surface area (TPSA) is 56.5 Å². The Kier molecular flexibility index (Phi) is 7.16. The Morgan fingerprint density at radius 1 is 1.45 bits per heavy atom. The maximum Gasteiger partial charge on any atom is 0.128 e. The van der Waals surface area contributed by atoms with Gasteiger partial charge in [-0.3, -0.25) is 0 Å². The number of nitriles is 1. The van der Waals surface area contributed by atoms with Gasteiger partial charge in [0.2, 0.25) is 0 Å². The number of likely N-dealkylation sites (N-methyl/N-ethyl adjacent to an activating group) is 1. The lowest BCUT2D eigenvalue weighted by molar-refractivity contribution is 0.00820. The molecule has 0 radical (unpaired) electrons. The van der Waals surface area contributed by atoms with Gasteiger partial charge >= 0.3 is 0 Å². The molecule has 1 aromatic carbocycles.